The molecule has 2 aromatic carbocycles. The fraction of sp³-hybridized carbons (Fsp3) is 0.381. The summed E-state index contributed by atoms with van der Waals surface area (Å²) in [6.07, 6.45) is 0. The van der Waals surface area contributed by atoms with Gasteiger partial charge in [-0.15, -0.1) is 5.10 Å². The molecule has 0 radical (unpaired) electrons. The highest BCUT2D eigenvalue weighted by Gasteiger charge is 2.34. The molecule has 0 aliphatic carbocycles. The number of methoxy groups -OCH3 is 1. The molecule has 1 fully saturated rings. The van der Waals surface area contributed by atoms with Crippen molar-refractivity contribution in [3.8, 4) is 0 Å². The Kier molecular flexibility index (Phi) is 6.29. The number of ether oxygens (including phenoxy) is 1. The third-order valence-corrected chi connectivity index (χ3v) is 5.54. The minimum Gasteiger partial charge on any atom is -0.383 e. The van der Waals surface area contributed by atoms with Crippen LogP contribution in [0.1, 0.15) is 17.4 Å². The van der Waals surface area contributed by atoms with E-state index in [4.69, 9.17) is 4.74 Å². The van der Waals surface area contributed by atoms with Crippen LogP contribution in [0.3, 0.4) is 0 Å². The summed E-state index contributed by atoms with van der Waals surface area (Å²) < 4.78 is 34.7. The molecule has 158 valence electrons. The molecule has 0 bridgehead atoms. The fourth-order valence-corrected chi connectivity index (χ4v) is 4.01. The van der Waals surface area contributed by atoms with Crippen molar-refractivity contribution in [3.63, 3.8) is 0 Å². The van der Waals surface area contributed by atoms with E-state index in [0.29, 0.717) is 37.8 Å². The van der Waals surface area contributed by atoms with E-state index in [1.54, 1.807) is 30.0 Å². The number of rotatable bonds is 7. The van der Waals surface area contributed by atoms with Crippen LogP contribution in [0, 0.1) is 11.6 Å². The summed E-state index contributed by atoms with van der Waals surface area (Å²) in [7, 11) is 1.63. The number of hydrogen-bond acceptors (Lipinski definition) is 5. The van der Waals surface area contributed by atoms with Gasteiger partial charge in [0.25, 0.3) is 0 Å². The maximum absolute atomic E-state index is 14.2. The van der Waals surface area contributed by atoms with Crippen LogP contribution in [-0.4, -0.2) is 60.1 Å². The first-order valence-electron chi connectivity index (χ1n) is 10.0. The summed E-state index contributed by atoms with van der Waals surface area (Å²) in [5.41, 5.74) is 1.57. The number of anilines is 1. The lowest BCUT2D eigenvalue weighted by Gasteiger charge is -2.37. The van der Waals surface area contributed by atoms with E-state index < -0.39 is 0 Å². The van der Waals surface area contributed by atoms with Crippen LogP contribution in [-0.2, 0) is 11.3 Å². The van der Waals surface area contributed by atoms with Crippen molar-refractivity contribution < 1.29 is 18.4 Å². The van der Waals surface area contributed by atoms with Crippen LogP contribution < -0.4 is 9.80 Å². The smallest absolute Gasteiger partial charge is 0.214 e. The van der Waals surface area contributed by atoms with Crippen molar-refractivity contribution in [3.05, 3.63) is 71.6 Å². The maximum Gasteiger partial charge on any atom is 0.214 e. The van der Waals surface area contributed by atoms with Gasteiger partial charge in [-0.25, -0.2) is 13.5 Å². The predicted octanol–water partition coefficient (Wildman–Crippen LogP) is 1.09. The minimum atomic E-state index is -0.282. The van der Waals surface area contributed by atoms with Crippen LogP contribution in [0.5, 0.6) is 0 Å². The first-order valence-corrected chi connectivity index (χ1v) is 10.0. The Balaban J connectivity index is 1.59. The number of aromatic nitrogens is 4. The van der Waals surface area contributed by atoms with Gasteiger partial charge in [-0.1, -0.05) is 12.1 Å². The molecule has 1 atom stereocenters. The highest BCUT2D eigenvalue weighted by atomic mass is 19.1. The topological polar surface area (TPSA) is 60.5 Å². The van der Waals surface area contributed by atoms with Crippen molar-refractivity contribution in [2.45, 2.75) is 12.6 Å². The van der Waals surface area contributed by atoms with E-state index in [2.05, 4.69) is 20.4 Å². The third kappa shape index (κ3) is 4.31. The summed E-state index contributed by atoms with van der Waals surface area (Å²) in [5.74, 6) is 0.225. The van der Waals surface area contributed by atoms with Gasteiger partial charge in [0.2, 0.25) is 5.82 Å². The highest BCUT2D eigenvalue weighted by Crippen LogP contribution is 2.21. The normalized spacial score (nSPS) is 16.0. The number of para-hydroxylation sites is 1. The number of nitrogens with zero attached hydrogens (tertiary/aromatic N) is 5. The number of hydrogen-bond donors (Lipinski definition) is 1. The second-order valence-electron chi connectivity index (χ2n) is 7.33. The molecule has 7 nitrogen and oxygen atoms in total. The number of piperazine rings is 1. The molecule has 3 aromatic rings. The Labute approximate surface area is 173 Å². The van der Waals surface area contributed by atoms with Gasteiger partial charge in [0.15, 0.2) is 6.04 Å². The number of quaternary nitrogens is 1. The summed E-state index contributed by atoms with van der Waals surface area (Å²) in [4.78, 5) is 3.32. The molecule has 0 saturated carbocycles. The van der Waals surface area contributed by atoms with Crippen molar-refractivity contribution in [2.75, 3.05) is 44.8 Å². The molecule has 1 saturated heterocycles. The molecule has 0 spiro atoms. The molecule has 0 amide bonds. The van der Waals surface area contributed by atoms with E-state index in [-0.39, 0.29) is 17.7 Å². The average molecular weight is 415 g/mol. The van der Waals surface area contributed by atoms with Gasteiger partial charge in [-0.05, 0) is 46.8 Å². The van der Waals surface area contributed by atoms with Gasteiger partial charge in [-0.3, -0.25) is 0 Å². The van der Waals surface area contributed by atoms with Gasteiger partial charge >= 0.3 is 0 Å². The van der Waals surface area contributed by atoms with Crippen LogP contribution in [0.25, 0.3) is 0 Å². The molecule has 1 N–H and O–H groups in total. The van der Waals surface area contributed by atoms with Crippen LogP contribution >= 0.6 is 0 Å². The first-order chi connectivity index (χ1) is 14.7. The maximum atomic E-state index is 14.2. The Morgan fingerprint density at radius 2 is 1.80 bits per heavy atom. The van der Waals surface area contributed by atoms with E-state index >= 15 is 0 Å². The number of halogens is 2. The molecule has 2 heterocycles. The lowest BCUT2D eigenvalue weighted by atomic mass is 10.0. The zero-order valence-electron chi connectivity index (χ0n) is 16.8. The fourth-order valence-electron chi connectivity index (χ4n) is 4.01. The van der Waals surface area contributed by atoms with E-state index in [0.717, 1.165) is 18.7 Å². The van der Waals surface area contributed by atoms with Gasteiger partial charge < -0.3 is 14.5 Å². The van der Waals surface area contributed by atoms with Gasteiger partial charge in [0.05, 0.1) is 45.0 Å². The average Bonchev–Trinajstić information content (AvgIpc) is 3.23. The van der Waals surface area contributed by atoms with Crippen LogP contribution in [0.2, 0.25) is 0 Å². The lowest BCUT2D eigenvalue weighted by Crippen LogP contribution is -3.15. The predicted molar refractivity (Wildman–Crippen MR) is 107 cm³/mol. The van der Waals surface area contributed by atoms with Crippen molar-refractivity contribution in [2.24, 2.45) is 0 Å². The Morgan fingerprint density at radius 1 is 1.07 bits per heavy atom. The Hall–Kier alpha value is -2.91. The quantitative estimate of drug-likeness (QED) is 0.626. The van der Waals surface area contributed by atoms with Crippen molar-refractivity contribution in [1.82, 2.24) is 20.2 Å². The second-order valence-corrected chi connectivity index (χ2v) is 7.33. The van der Waals surface area contributed by atoms with Crippen LogP contribution in [0.15, 0.2) is 48.5 Å². The molecule has 1 aliphatic rings. The van der Waals surface area contributed by atoms with Gasteiger partial charge in [-0.2, -0.15) is 0 Å². The minimum absolute atomic E-state index is 0.153. The third-order valence-electron chi connectivity index (χ3n) is 5.54. The molecule has 0 unspecified atom stereocenters. The monoisotopic (exact) mass is 415 g/mol. The van der Waals surface area contributed by atoms with E-state index in [1.165, 1.54) is 23.1 Å². The summed E-state index contributed by atoms with van der Waals surface area (Å²) in [5, 5.41) is 12.3. The molecule has 1 aliphatic heterocycles. The SMILES string of the molecule is COCCn1nnnc1[C@@H](c1ccc(F)cc1)[NH+]1CCN(c2ccccc2F)CC1. The van der Waals surface area contributed by atoms with Crippen molar-refractivity contribution in [1.29, 1.82) is 0 Å². The highest BCUT2D eigenvalue weighted by molar-refractivity contribution is 5.47. The first kappa shape index (κ1) is 20.4. The van der Waals surface area contributed by atoms with Crippen molar-refractivity contribution >= 4 is 5.69 Å². The zero-order valence-corrected chi connectivity index (χ0v) is 16.8. The van der Waals surface area contributed by atoms with Crippen LogP contribution in [0.4, 0.5) is 14.5 Å². The van der Waals surface area contributed by atoms with Gasteiger partial charge in [0, 0.05) is 12.7 Å². The molecule has 1 aromatic heterocycles. The molecule has 30 heavy (non-hydrogen) atoms. The number of benzene rings is 2. The summed E-state index contributed by atoms with van der Waals surface area (Å²) in [6.45, 7) is 3.97. The summed E-state index contributed by atoms with van der Waals surface area (Å²) >= 11 is 0. The Morgan fingerprint density at radius 3 is 2.50 bits per heavy atom. The molecule has 9 heteroatoms. The standard InChI is InChI=1S/C21H24F2N6O/c1-30-15-14-29-21(24-25-26-29)20(16-6-8-17(22)9-7-16)28-12-10-27(11-13-28)19-5-3-2-4-18(19)23/h2-9,20H,10-15H2,1H3/p+1/t20-/m1/s1. The second kappa shape index (κ2) is 9.27. The zero-order chi connectivity index (χ0) is 20.9. The lowest BCUT2D eigenvalue weighted by molar-refractivity contribution is -0.927. The number of nitrogens with one attached hydrogen (secondary N) is 1. The van der Waals surface area contributed by atoms with E-state index in [9.17, 15) is 8.78 Å². The Bertz CT molecular complexity index is 956. The summed E-state index contributed by atoms with van der Waals surface area (Å²) in [6, 6.07) is 13.2. The molecular formula is C21H25F2N6O+. The van der Waals surface area contributed by atoms with E-state index in [1.807, 2.05) is 12.1 Å². The largest absolute Gasteiger partial charge is 0.383 e. The molecular weight excluding hydrogens is 390 g/mol. The number of tetrazole rings is 1. The van der Waals surface area contributed by atoms with Gasteiger partial charge in [0.1, 0.15) is 11.6 Å². The molecule has 4 rings (SSSR count).